The van der Waals surface area contributed by atoms with Crippen molar-refractivity contribution < 1.29 is 0 Å². The summed E-state index contributed by atoms with van der Waals surface area (Å²) >= 11 is 0. The summed E-state index contributed by atoms with van der Waals surface area (Å²) in [6.07, 6.45) is 22.5. The SMILES string of the molecule is C1=C[C@@H]2C3=C([C@@H]1C21CCCC1)[C@@H]1C=C[C@@H]3C12CCCC2. The zero-order valence-corrected chi connectivity index (χ0v) is 12.3. The third-order valence-corrected chi connectivity index (χ3v) is 8.21. The van der Waals surface area contributed by atoms with Gasteiger partial charge in [-0.1, -0.05) is 61.1 Å². The number of fused-ring (bicyclic) bond motifs is 4. The molecule has 20 heavy (non-hydrogen) atoms. The first kappa shape index (κ1) is 10.9. The van der Waals surface area contributed by atoms with Gasteiger partial charge in [-0.05, 0) is 36.5 Å². The summed E-state index contributed by atoms with van der Waals surface area (Å²) in [4.78, 5) is 0. The highest BCUT2D eigenvalue weighted by Gasteiger charge is 2.67. The van der Waals surface area contributed by atoms with Crippen LogP contribution < -0.4 is 0 Å². The van der Waals surface area contributed by atoms with Gasteiger partial charge in [-0.2, -0.15) is 0 Å². The highest BCUT2D eigenvalue weighted by Crippen LogP contribution is 2.76. The van der Waals surface area contributed by atoms with Crippen molar-refractivity contribution in [3.8, 4) is 0 Å². The maximum absolute atomic E-state index is 2.63. The van der Waals surface area contributed by atoms with Gasteiger partial charge in [-0.25, -0.2) is 0 Å². The quantitative estimate of drug-likeness (QED) is 0.538. The van der Waals surface area contributed by atoms with E-state index in [-0.39, 0.29) is 0 Å². The molecule has 4 atom stereocenters. The lowest BCUT2D eigenvalue weighted by Gasteiger charge is -2.40. The maximum atomic E-state index is 2.63. The van der Waals surface area contributed by atoms with Crippen LogP contribution >= 0.6 is 0 Å². The van der Waals surface area contributed by atoms with Crippen LogP contribution in [0.5, 0.6) is 0 Å². The summed E-state index contributed by atoms with van der Waals surface area (Å²) in [6.45, 7) is 0. The summed E-state index contributed by atoms with van der Waals surface area (Å²) in [6, 6.07) is 0. The Hall–Kier alpha value is -0.780. The topological polar surface area (TPSA) is 0 Å². The molecule has 104 valence electrons. The van der Waals surface area contributed by atoms with Gasteiger partial charge in [0.1, 0.15) is 0 Å². The second kappa shape index (κ2) is 3.18. The molecule has 0 amide bonds. The Morgan fingerprint density at radius 3 is 1.15 bits per heavy atom. The van der Waals surface area contributed by atoms with Crippen molar-refractivity contribution in [2.75, 3.05) is 0 Å². The molecule has 0 nitrogen and oxygen atoms in total. The highest BCUT2D eigenvalue weighted by atomic mass is 14.7. The highest BCUT2D eigenvalue weighted by molar-refractivity contribution is 5.56. The molecule has 2 spiro atoms. The Labute approximate surface area is 122 Å². The fraction of sp³-hybridized carbons (Fsp3) is 0.700. The van der Waals surface area contributed by atoms with Crippen LogP contribution in [0.25, 0.3) is 0 Å². The molecule has 0 saturated heterocycles. The first-order valence-electron chi connectivity index (χ1n) is 8.97. The minimum Gasteiger partial charge on any atom is -0.0801 e. The number of hydrogen-bond acceptors (Lipinski definition) is 0. The van der Waals surface area contributed by atoms with Gasteiger partial charge in [0, 0.05) is 23.7 Å². The van der Waals surface area contributed by atoms with Gasteiger partial charge < -0.3 is 0 Å². The Kier molecular flexibility index (Phi) is 1.73. The zero-order chi connectivity index (χ0) is 12.9. The van der Waals surface area contributed by atoms with Gasteiger partial charge in [0.05, 0.1) is 0 Å². The Morgan fingerprint density at radius 1 is 0.550 bits per heavy atom. The van der Waals surface area contributed by atoms with E-state index >= 15 is 0 Å². The Balaban J connectivity index is 1.50. The molecule has 0 heterocycles. The van der Waals surface area contributed by atoms with Crippen molar-refractivity contribution in [1.82, 2.24) is 0 Å². The van der Waals surface area contributed by atoms with E-state index in [4.69, 9.17) is 0 Å². The van der Waals surface area contributed by atoms with Crippen LogP contribution in [0.1, 0.15) is 51.4 Å². The average Bonchev–Trinajstić information content (AvgIpc) is 3.28. The molecule has 6 rings (SSSR count). The van der Waals surface area contributed by atoms with Crippen molar-refractivity contribution >= 4 is 0 Å². The van der Waals surface area contributed by atoms with E-state index in [9.17, 15) is 0 Å². The van der Waals surface area contributed by atoms with Crippen molar-refractivity contribution in [1.29, 1.82) is 0 Å². The van der Waals surface area contributed by atoms with Gasteiger partial charge in [-0.15, -0.1) is 0 Å². The monoisotopic (exact) mass is 264 g/mol. The number of rotatable bonds is 0. The van der Waals surface area contributed by atoms with Crippen LogP contribution in [0, 0.1) is 34.5 Å². The number of allylic oxidation sites excluding steroid dienone is 6. The van der Waals surface area contributed by atoms with Crippen molar-refractivity contribution in [2.45, 2.75) is 51.4 Å². The smallest absolute Gasteiger partial charge is 0.00514 e. The van der Waals surface area contributed by atoms with E-state index in [1.807, 2.05) is 11.1 Å². The molecule has 0 aromatic carbocycles. The third kappa shape index (κ3) is 0.893. The van der Waals surface area contributed by atoms with Crippen LogP contribution in [0.15, 0.2) is 35.5 Å². The molecule has 0 aromatic heterocycles. The van der Waals surface area contributed by atoms with Crippen LogP contribution in [0.3, 0.4) is 0 Å². The molecular formula is C20H24. The predicted molar refractivity (Wildman–Crippen MR) is 81.1 cm³/mol. The van der Waals surface area contributed by atoms with E-state index in [1.165, 1.54) is 51.4 Å². The lowest BCUT2D eigenvalue weighted by Crippen LogP contribution is -2.34. The van der Waals surface area contributed by atoms with E-state index in [0.29, 0.717) is 10.8 Å². The summed E-state index contributed by atoms with van der Waals surface area (Å²) in [5.74, 6) is 3.40. The van der Waals surface area contributed by atoms with E-state index in [2.05, 4.69) is 24.3 Å². The molecule has 6 aliphatic carbocycles. The van der Waals surface area contributed by atoms with Crippen molar-refractivity contribution in [2.24, 2.45) is 34.5 Å². The average molecular weight is 264 g/mol. The zero-order valence-electron chi connectivity index (χ0n) is 12.3. The van der Waals surface area contributed by atoms with Gasteiger partial charge in [0.25, 0.3) is 0 Å². The van der Waals surface area contributed by atoms with Gasteiger partial charge in [-0.3, -0.25) is 0 Å². The largest absolute Gasteiger partial charge is 0.0801 e. The molecule has 4 bridgehead atoms. The van der Waals surface area contributed by atoms with Crippen LogP contribution in [-0.4, -0.2) is 0 Å². The lowest BCUT2D eigenvalue weighted by molar-refractivity contribution is 0.158. The third-order valence-electron chi connectivity index (χ3n) is 8.21. The Bertz CT molecular complexity index is 487. The van der Waals surface area contributed by atoms with Crippen molar-refractivity contribution in [3.05, 3.63) is 35.5 Å². The first-order chi connectivity index (χ1) is 9.87. The molecule has 2 saturated carbocycles. The summed E-state index contributed by atoms with van der Waals surface area (Å²) < 4.78 is 0. The molecule has 0 unspecified atom stereocenters. The van der Waals surface area contributed by atoms with Gasteiger partial charge >= 0.3 is 0 Å². The summed E-state index contributed by atoms with van der Waals surface area (Å²) in [7, 11) is 0. The minimum absolute atomic E-state index is 0.674. The molecule has 0 heteroatoms. The maximum Gasteiger partial charge on any atom is 0.00514 e. The second-order valence-corrected chi connectivity index (χ2v) is 8.47. The molecular weight excluding hydrogens is 240 g/mol. The minimum atomic E-state index is 0.674. The summed E-state index contributed by atoms with van der Waals surface area (Å²) in [5, 5.41) is 0. The van der Waals surface area contributed by atoms with Gasteiger partial charge in [0.15, 0.2) is 0 Å². The lowest BCUT2D eigenvalue weighted by atomic mass is 9.63. The fourth-order valence-corrected chi connectivity index (χ4v) is 7.67. The van der Waals surface area contributed by atoms with E-state index < -0.39 is 0 Å². The van der Waals surface area contributed by atoms with Crippen LogP contribution in [-0.2, 0) is 0 Å². The normalized spacial score (nSPS) is 47.6. The fourth-order valence-electron chi connectivity index (χ4n) is 7.67. The standard InChI is InChI=1S/C20H24/c1-2-10-19(9-1)13-5-6-14(19)18-16-8-7-15(17(13)18)20(16)11-3-4-12-20/h5-8,13-16H,1-4,9-12H2/t13-,14-,15+,16+. The Morgan fingerprint density at radius 2 is 0.850 bits per heavy atom. The van der Waals surface area contributed by atoms with E-state index in [1.54, 1.807) is 0 Å². The van der Waals surface area contributed by atoms with Crippen molar-refractivity contribution in [3.63, 3.8) is 0 Å². The molecule has 0 aliphatic heterocycles. The first-order valence-corrected chi connectivity index (χ1v) is 8.97. The molecule has 0 N–H and O–H groups in total. The van der Waals surface area contributed by atoms with E-state index in [0.717, 1.165) is 23.7 Å². The summed E-state index contributed by atoms with van der Waals surface area (Å²) in [5.41, 5.74) is 5.25. The number of hydrogen-bond donors (Lipinski definition) is 0. The molecule has 6 aliphatic rings. The molecule has 0 radical (unpaired) electrons. The predicted octanol–water partition coefficient (Wildman–Crippen LogP) is 5.04. The van der Waals surface area contributed by atoms with Crippen LogP contribution in [0.2, 0.25) is 0 Å². The second-order valence-electron chi connectivity index (χ2n) is 8.47. The molecule has 0 aromatic rings. The molecule has 2 fully saturated rings. The van der Waals surface area contributed by atoms with Gasteiger partial charge in [0.2, 0.25) is 0 Å². The van der Waals surface area contributed by atoms with Crippen LogP contribution in [0.4, 0.5) is 0 Å².